The van der Waals surface area contributed by atoms with Gasteiger partial charge >= 0.3 is 16.1 Å². The lowest BCUT2D eigenvalue weighted by Gasteiger charge is -2.13. The third kappa shape index (κ3) is 5.32. The van der Waals surface area contributed by atoms with Crippen LogP contribution >= 0.6 is 11.6 Å². The van der Waals surface area contributed by atoms with Crippen LogP contribution in [0.15, 0.2) is 59.6 Å². The highest BCUT2D eigenvalue weighted by Crippen LogP contribution is 2.33. The molecule has 0 spiro atoms. The first-order chi connectivity index (χ1) is 17.1. The van der Waals surface area contributed by atoms with Gasteiger partial charge in [0.05, 0.1) is 11.6 Å². The topological polar surface area (TPSA) is 99.0 Å². The van der Waals surface area contributed by atoms with Crippen molar-refractivity contribution < 1.29 is 22.1 Å². The number of ether oxygens (including phenoxy) is 1. The van der Waals surface area contributed by atoms with Crippen LogP contribution in [0, 0.1) is 20.8 Å². The van der Waals surface area contributed by atoms with Crippen molar-refractivity contribution in [3.63, 3.8) is 0 Å². The molecule has 8 nitrogen and oxygen atoms in total. The molecule has 0 amide bonds. The summed E-state index contributed by atoms with van der Waals surface area (Å²) in [5.74, 6) is 0.219. The third-order valence-corrected chi connectivity index (χ3v) is 7.24. The molecule has 10 heteroatoms. The Hall–Kier alpha value is -3.56. The number of aryl methyl sites for hydroxylation is 3. The summed E-state index contributed by atoms with van der Waals surface area (Å²) in [4.78, 5) is 16.8. The van der Waals surface area contributed by atoms with Crippen molar-refractivity contribution in [3.05, 3.63) is 76.4 Å². The van der Waals surface area contributed by atoms with Crippen molar-refractivity contribution in [2.45, 2.75) is 32.6 Å². The maximum absolute atomic E-state index is 13.2. The standard InChI is InChI=1S/C26H26ClN3O5S/c1-5-34-23(31)14-28-26-24(29-22-10-9-20(27)15-30(22)26)19-7-6-8-21(13-19)35-36(32,33)25-17(3)11-16(2)12-18(25)4/h6-13,15,28H,5,14H2,1-4H3. The number of carbonyl (C=O) groups excluding carboxylic acids is 1. The summed E-state index contributed by atoms with van der Waals surface area (Å²) < 4.78 is 38.6. The third-order valence-electron chi connectivity index (χ3n) is 5.46. The van der Waals surface area contributed by atoms with Gasteiger partial charge in [0.1, 0.15) is 34.3 Å². The molecule has 188 valence electrons. The number of pyridine rings is 1. The average molecular weight is 528 g/mol. The van der Waals surface area contributed by atoms with E-state index in [4.69, 9.17) is 20.5 Å². The van der Waals surface area contributed by atoms with E-state index >= 15 is 0 Å². The molecule has 0 aliphatic rings. The summed E-state index contributed by atoms with van der Waals surface area (Å²) >= 11 is 6.19. The molecule has 2 aromatic heterocycles. The van der Waals surface area contributed by atoms with Gasteiger partial charge in [0.25, 0.3) is 0 Å². The number of carbonyl (C=O) groups is 1. The lowest BCUT2D eigenvalue weighted by Crippen LogP contribution is -2.18. The van der Waals surface area contributed by atoms with Crippen LogP contribution in [0.1, 0.15) is 23.6 Å². The van der Waals surface area contributed by atoms with Gasteiger partial charge < -0.3 is 14.2 Å². The molecule has 4 aromatic rings. The molecule has 0 radical (unpaired) electrons. The zero-order valence-corrected chi connectivity index (χ0v) is 21.9. The van der Waals surface area contributed by atoms with Gasteiger partial charge in [-0.25, -0.2) is 4.98 Å². The first-order valence-corrected chi connectivity index (χ1v) is 13.1. The molecule has 0 saturated heterocycles. The molecule has 4 rings (SSSR count). The quantitative estimate of drug-likeness (QED) is 0.244. The number of hydrogen-bond donors (Lipinski definition) is 1. The average Bonchev–Trinajstić information content (AvgIpc) is 3.14. The SMILES string of the molecule is CCOC(=O)CNc1c(-c2cccc(OS(=O)(=O)c3c(C)cc(C)cc3C)c2)nc2ccc(Cl)cn12. The minimum absolute atomic E-state index is 0.0856. The van der Waals surface area contributed by atoms with Crippen LogP contribution in [-0.4, -0.2) is 36.9 Å². The molecule has 1 N–H and O–H groups in total. The van der Waals surface area contributed by atoms with Gasteiger partial charge in [-0.3, -0.25) is 9.20 Å². The zero-order chi connectivity index (χ0) is 26.0. The summed E-state index contributed by atoms with van der Waals surface area (Å²) in [6.45, 7) is 7.32. The van der Waals surface area contributed by atoms with E-state index in [1.807, 2.05) is 19.1 Å². The van der Waals surface area contributed by atoms with E-state index in [1.54, 1.807) is 67.8 Å². The van der Waals surface area contributed by atoms with E-state index in [2.05, 4.69) is 10.3 Å². The zero-order valence-electron chi connectivity index (χ0n) is 20.3. The molecular weight excluding hydrogens is 502 g/mol. The van der Waals surface area contributed by atoms with Gasteiger partial charge in [0.15, 0.2) is 0 Å². The first-order valence-electron chi connectivity index (χ1n) is 11.3. The van der Waals surface area contributed by atoms with Gasteiger partial charge in [0, 0.05) is 11.8 Å². The van der Waals surface area contributed by atoms with Crippen LogP contribution in [0.2, 0.25) is 5.02 Å². The summed E-state index contributed by atoms with van der Waals surface area (Å²) in [5, 5.41) is 3.55. The molecule has 2 heterocycles. The van der Waals surface area contributed by atoms with E-state index < -0.39 is 16.1 Å². The summed E-state index contributed by atoms with van der Waals surface area (Å²) in [7, 11) is -4.08. The molecule has 0 saturated carbocycles. The second-order valence-corrected chi connectivity index (χ2v) is 10.3. The van der Waals surface area contributed by atoms with Gasteiger partial charge in [-0.05, 0) is 63.1 Å². The molecule has 0 aliphatic carbocycles. The minimum atomic E-state index is -4.08. The van der Waals surface area contributed by atoms with E-state index in [0.717, 1.165) is 5.56 Å². The van der Waals surface area contributed by atoms with Gasteiger partial charge in [0.2, 0.25) is 0 Å². The number of hydrogen-bond acceptors (Lipinski definition) is 7. The van der Waals surface area contributed by atoms with Crippen LogP contribution in [-0.2, 0) is 19.6 Å². The summed E-state index contributed by atoms with van der Waals surface area (Å²) in [5.41, 5.74) is 3.88. The number of nitrogens with one attached hydrogen (secondary N) is 1. The molecule has 2 aromatic carbocycles. The van der Waals surface area contributed by atoms with E-state index in [0.29, 0.717) is 38.9 Å². The van der Waals surface area contributed by atoms with Crippen molar-refractivity contribution >= 4 is 39.2 Å². The van der Waals surface area contributed by atoms with E-state index in [9.17, 15) is 13.2 Å². The van der Waals surface area contributed by atoms with Crippen LogP contribution in [0.5, 0.6) is 5.75 Å². The van der Waals surface area contributed by atoms with Crippen molar-refractivity contribution in [1.82, 2.24) is 9.38 Å². The van der Waals surface area contributed by atoms with Crippen molar-refractivity contribution in [2.24, 2.45) is 0 Å². The lowest BCUT2D eigenvalue weighted by atomic mass is 10.1. The molecule has 0 fully saturated rings. The Bertz CT molecular complexity index is 1540. The molecule has 0 atom stereocenters. The normalized spacial score (nSPS) is 11.5. The highest BCUT2D eigenvalue weighted by Gasteiger charge is 2.23. The lowest BCUT2D eigenvalue weighted by molar-refractivity contribution is -0.140. The molecule has 0 unspecified atom stereocenters. The maximum atomic E-state index is 13.2. The fourth-order valence-corrected chi connectivity index (χ4v) is 5.69. The number of nitrogens with zero attached hydrogens (tertiary/aromatic N) is 2. The highest BCUT2D eigenvalue weighted by molar-refractivity contribution is 7.87. The Morgan fingerprint density at radius 3 is 2.50 bits per heavy atom. The highest BCUT2D eigenvalue weighted by atomic mass is 35.5. The Morgan fingerprint density at radius 2 is 1.81 bits per heavy atom. The van der Waals surface area contributed by atoms with Crippen LogP contribution in [0.4, 0.5) is 5.82 Å². The molecule has 36 heavy (non-hydrogen) atoms. The number of aromatic nitrogens is 2. The summed E-state index contributed by atoms with van der Waals surface area (Å²) in [6, 6.07) is 13.7. The van der Waals surface area contributed by atoms with Crippen molar-refractivity contribution in [1.29, 1.82) is 0 Å². The maximum Gasteiger partial charge on any atom is 0.339 e. The van der Waals surface area contributed by atoms with Crippen molar-refractivity contribution in [3.8, 4) is 17.0 Å². The number of imidazole rings is 1. The first kappa shape index (κ1) is 25.5. The number of halogens is 1. The Labute approximate surface area is 215 Å². The Kier molecular flexibility index (Phi) is 7.23. The fourth-order valence-electron chi connectivity index (χ4n) is 4.18. The van der Waals surface area contributed by atoms with Gasteiger partial charge in [-0.15, -0.1) is 0 Å². The minimum Gasteiger partial charge on any atom is -0.465 e. The predicted octanol–water partition coefficient (Wildman–Crippen LogP) is 5.32. The Balaban J connectivity index is 1.73. The molecule has 0 bridgehead atoms. The van der Waals surface area contributed by atoms with Crippen molar-refractivity contribution in [2.75, 3.05) is 18.5 Å². The summed E-state index contributed by atoms with van der Waals surface area (Å²) in [6.07, 6.45) is 1.68. The monoisotopic (exact) mass is 527 g/mol. The number of esters is 1. The van der Waals surface area contributed by atoms with E-state index in [-0.39, 0.29) is 23.8 Å². The van der Waals surface area contributed by atoms with Crippen LogP contribution < -0.4 is 9.50 Å². The largest absolute Gasteiger partial charge is 0.465 e. The second-order valence-electron chi connectivity index (χ2n) is 8.34. The number of rotatable bonds is 8. The number of anilines is 1. The van der Waals surface area contributed by atoms with Crippen LogP contribution in [0.3, 0.4) is 0 Å². The van der Waals surface area contributed by atoms with E-state index in [1.165, 1.54) is 0 Å². The number of benzene rings is 2. The van der Waals surface area contributed by atoms with Gasteiger partial charge in [-0.2, -0.15) is 8.42 Å². The smallest absolute Gasteiger partial charge is 0.339 e. The predicted molar refractivity (Wildman–Crippen MR) is 139 cm³/mol. The molecular formula is C26H26ClN3O5S. The second kappa shape index (κ2) is 10.2. The Morgan fingerprint density at radius 1 is 1.08 bits per heavy atom. The van der Waals surface area contributed by atoms with Crippen LogP contribution in [0.25, 0.3) is 16.9 Å². The molecule has 0 aliphatic heterocycles. The fraction of sp³-hybridized carbons (Fsp3) is 0.231. The number of fused-ring (bicyclic) bond motifs is 1. The van der Waals surface area contributed by atoms with Gasteiger partial charge in [-0.1, -0.05) is 41.4 Å².